The number of anilines is 1. The van der Waals surface area contributed by atoms with Crippen LogP contribution in [-0.2, 0) is 13.0 Å². The van der Waals surface area contributed by atoms with Gasteiger partial charge in [0.1, 0.15) is 0 Å². The molecule has 5 nitrogen and oxygen atoms in total. The SMILES string of the molecule is CCc1ccc(NC(=O)c2cnc3c(cnn3Cc3ccccc3)c2)cc1. The molecule has 1 amide bonds. The van der Waals surface area contributed by atoms with Crippen LogP contribution in [0.3, 0.4) is 0 Å². The molecule has 0 aliphatic rings. The second-order valence-electron chi connectivity index (χ2n) is 6.43. The Morgan fingerprint density at radius 3 is 2.52 bits per heavy atom. The van der Waals surface area contributed by atoms with Gasteiger partial charge < -0.3 is 5.32 Å². The van der Waals surface area contributed by atoms with Crippen LogP contribution in [-0.4, -0.2) is 20.7 Å². The van der Waals surface area contributed by atoms with Crippen molar-refractivity contribution in [3.8, 4) is 0 Å². The van der Waals surface area contributed by atoms with E-state index in [1.807, 2.05) is 53.2 Å². The van der Waals surface area contributed by atoms with Gasteiger partial charge >= 0.3 is 0 Å². The van der Waals surface area contributed by atoms with Gasteiger partial charge in [-0.2, -0.15) is 5.10 Å². The first kappa shape index (κ1) is 17.0. The number of nitrogens with one attached hydrogen (secondary N) is 1. The van der Waals surface area contributed by atoms with Gasteiger partial charge in [0.25, 0.3) is 5.91 Å². The van der Waals surface area contributed by atoms with Crippen molar-refractivity contribution in [3.63, 3.8) is 0 Å². The van der Waals surface area contributed by atoms with Gasteiger partial charge in [-0.15, -0.1) is 0 Å². The van der Waals surface area contributed by atoms with Crippen LogP contribution in [0.4, 0.5) is 5.69 Å². The molecule has 0 atom stereocenters. The Balaban J connectivity index is 1.53. The van der Waals surface area contributed by atoms with E-state index in [2.05, 4.69) is 34.5 Å². The number of nitrogens with zero attached hydrogens (tertiary/aromatic N) is 3. The summed E-state index contributed by atoms with van der Waals surface area (Å²) in [5.74, 6) is -0.176. The number of carbonyl (C=O) groups excluding carboxylic acids is 1. The zero-order valence-electron chi connectivity index (χ0n) is 15.1. The smallest absolute Gasteiger partial charge is 0.257 e. The van der Waals surface area contributed by atoms with E-state index < -0.39 is 0 Å². The van der Waals surface area contributed by atoms with Crippen molar-refractivity contribution in [2.45, 2.75) is 19.9 Å². The zero-order valence-corrected chi connectivity index (χ0v) is 15.1. The molecule has 27 heavy (non-hydrogen) atoms. The molecule has 0 saturated heterocycles. The lowest BCUT2D eigenvalue weighted by atomic mass is 10.1. The molecule has 0 unspecified atom stereocenters. The highest BCUT2D eigenvalue weighted by molar-refractivity contribution is 6.05. The number of pyridine rings is 1. The number of amides is 1. The Morgan fingerprint density at radius 1 is 1.00 bits per heavy atom. The summed E-state index contributed by atoms with van der Waals surface area (Å²) in [6.07, 6.45) is 4.32. The molecular weight excluding hydrogens is 336 g/mol. The fourth-order valence-electron chi connectivity index (χ4n) is 3.00. The summed E-state index contributed by atoms with van der Waals surface area (Å²) in [4.78, 5) is 17.0. The first-order valence-corrected chi connectivity index (χ1v) is 8.98. The predicted octanol–water partition coefficient (Wildman–Crippen LogP) is 4.29. The van der Waals surface area contributed by atoms with Gasteiger partial charge in [0.15, 0.2) is 5.65 Å². The third kappa shape index (κ3) is 3.72. The van der Waals surface area contributed by atoms with E-state index in [0.29, 0.717) is 12.1 Å². The minimum atomic E-state index is -0.176. The van der Waals surface area contributed by atoms with Crippen molar-refractivity contribution in [3.05, 3.63) is 89.7 Å². The van der Waals surface area contributed by atoms with E-state index in [4.69, 9.17) is 0 Å². The molecular formula is C22H20N4O. The number of fused-ring (bicyclic) bond motifs is 1. The second-order valence-corrected chi connectivity index (χ2v) is 6.43. The first-order valence-electron chi connectivity index (χ1n) is 8.98. The normalized spacial score (nSPS) is 10.9. The van der Waals surface area contributed by atoms with E-state index in [0.717, 1.165) is 28.7 Å². The Kier molecular flexibility index (Phi) is 4.66. The summed E-state index contributed by atoms with van der Waals surface area (Å²) in [6, 6.07) is 19.8. The van der Waals surface area contributed by atoms with Crippen molar-refractivity contribution in [2.24, 2.45) is 0 Å². The average Bonchev–Trinajstić information content (AvgIpc) is 3.11. The number of hydrogen-bond donors (Lipinski definition) is 1. The van der Waals surface area contributed by atoms with Gasteiger partial charge in [-0.3, -0.25) is 4.79 Å². The molecule has 4 rings (SSSR count). The van der Waals surface area contributed by atoms with E-state index in [9.17, 15) is 4.79 Å². The minimum absolute atomic E-state index is 0.176. The maximum absolute atomic E-state index is 12.5. The highest BCUT2D eigenvalue weighted by Crippen LogP contribution is 2.16. The Morgan fingerprint density at radius 2 is 1.78 bits per heavy atom. The molecule has 2 heterocycles. The van der Waals surface area contributed by atoms with Crippen molar-refractivity contribution in [2.75, 3.05) is 5.32 Å². The Bertz CT molecular complexity index is 1070. The molecule has 0 aliphatic carbocycles. The molecule has 0 aliphatic heterocycles. The second kappa shape index (κ2) is 7.41. The number of aryl methyl sites for hydroxylation is 1. The van der Waals surface area contributed by atoms with Crippen LogP contribution in [0.5, 0.6) is 0 Å². The van der Waals surface area contributed by atoms with Crippen LogP contribution in [0, 0.1) is 0 Å². The molecule has 4 aromatic rings. The third-order valence-corrected chi connectivity index (χ3v) is 4.53. The van der Waals surface area contributed by atoms with Gasteiger partial charge in [-0.25, -0.2) is 9.67 Å². The molecule has 0 fully saturated rings. The summed E-state index contributed by atoms with van der Waals surface area (Å²) < 4.78 is 1.84. The van der Waals surface area contributed by atoms with E-state index >= 15 is 0 Å². The molecule has 0 spiro atoms. The van der Waals surface area contributed by atoms with Crippen molar-refractivity contribution < 1.29 is 4.79 Å². The zero-order chi connectivity index (χ0) is 18.6. The highest BCUT2D eigenvalue weighted by Gasteiger charge is 2.11. The van der Waals surface area contributed by atoms with Gasteiger partial charge in [-0.1, -0.05) is 49.4 Å². The van der Waals surface area contributed by atoms with E-state index in [1.54, 1.807) is 12.4 Å². The minimum Gasteiger partial charge on any atom is -0.322 e. The van der Waals surface area contributed by atoms with Crippen molar-refractivity contribution >= 4 is 22.6 Å². The van der Waals surface area contributed by atoms with Crippen molar-refractivity contribution in [1.82, 2.24) is 14.8 Å². The maximum Gasteiger partial charge on any atom is 0.257 e. The molecule has 0 bridgehead atoms. The lowest BCUT2D eigenvalue weighted by molar-refractivity contribution is 0.102. The monoisotopic (exact) mass is 356 g/mol. The van der Waals surface area contributed by atoms with E-state index in [1.165, 1.54) is 5.56 Å². The summed E-state index contributed by atoms with van der Waals surface area (Å²) in [5, 5.41) is 8.18. The standard InChI is InChI=1S/C22H20N4O/c1-2-16-8-10-20(11-9-16)25-22(27)19-12-18-14-24-26(21(18)23-13-19)15-17-6-4-3-5-7-17/h3-14H,2,15H2,1H3,(H,25,27). The van der Waals surface area contributed by atoms with Gasteiger partial charge in [0.2, 0.25) is 0 Å². The highest BCUT2D eigenvalue weighted by atomic mass is 16.1. The summed E-state index contributed by atoms with van der Waals surface area (Å²) in [7, 11) is 0. The summed E-state index contributed by atoms with van der Waals surface area (Å²) in [6.45, 7) is 2.75. The van der Waals surface area contributed by atoms with Crippen LogP contribution >= 0.6 is 0 Å². The third-order valence-electron chi connectivity index (χ3n) is 4.53. The van der Waals surface area contributed by atoms with Crippen LogP contribution in [0.25, 0.3) is 11.0 Å². The Hall–Kier alpha value is -3.47. The molecule has 0 radical (unpaired) electrons. The summed E-state index contributed by atoms with van der Waals surface area (Å²) in [5.41, 5.74) is 4.45. The number of rotatable bonds is 5. The molecule has 0 saturated carbocycles. The van der Waals surface area contributed by atoms with Gasteiger partial charge in [0.05, 0.1) is 18.3 Å². The molecule has 5 heteroatoms. The van der Waals surface area contributed by atoms with Crippen LogP contribution < -0.4 is 5.32 Å². The Labute approximate surface area is 157 Å². The molecule has 2 aromatic heterocycles. The molecule has 2 aromatic carbocycles. The van der Waals surface area contributed by atoms with Crippen LogP contribution in [0.1, 0.15) is 28.4 Å². The van der Waals surface area contributed by atoms with E-state index in [-0.39, 0.29) is 5.91 Å². The number of hydrogen-bond acceptors (Lipinski definition) is 3. The molecule has 1 N–H and O–H groups in total. The van der Waals surface area contributed by atoms with Crippen LogP contribution in [0.2, 0.25) is 0 Å². The number of carbonyl (C=O) groups is 1. The van der Waals surface area contributed by atoms with Gasteiger partial charge in [0, 0.05) is 17.3 Å². The topological polar surface area (TPSA) is 59.8 Å². The van der Waals surface area contributed by atoms with Crippen molar-refractivity contribution in [1.29, 1.82) is 0 Å². The lowest BCUT2D eigenvalue weighted by Crippen LogP contribution is -2.12. The first-order chi connectivity index (χ1) is 13.2. The quantitative estimate of drug-likeness (QED) is 0.580. The van der Waals surface area contributed by atoms with Crippen LogP contribution in [0.15, 0.2) is 73.1 Å². The number of benzene rings is 2. The average molecular weight is 356 g/mol. The fraction of sp³-hybridized carbons (Fsp3) is 0.136. The lowest BCUT2D eigenvalue weighted by Gasteiger charge is -2.07. The largest absolute Gasteiger partial charge is 0.322 e. The molecule has 134 valence electrons. The predicted molar refractivity (Wildman–Crippen MR) is 107 cm³/mol. The van der Waals surface area contributed by atoms with Gasteiger partial charge in [-0.05, 0) is 35.7 Å². The maximum atomic E-state index is 12.5. The summed E-state index contributed by atoms with van der Waals surface area (Å²) >= 11 is 0. The number of aromatic nitrogens is 3. The fourth-order valence-corrected chi connectivity index (χ4v) is 3.00.